The van der Waals surface area contributed by atoms with E-state index < -0.39 is 11.5 Å². The van der Waals surface area contributed by atoms with E-state index in [4.69, 9.17) is 28.5 Å². The standard InChI is InChI=1S/C24H20BN3O4/c25-18-6-2-1-4-14(18)8-9-17-16-10-11-22(29)32-20(16)12-21(23(17)26)31-13-15-5-3-7-19(28-15)24(27)30/h1-7,10-12H,8-9,13,26H2,(H2,27,30). The zero-order valence-corrected chi connectivity index (χ0v) is 17.2. The Kier molecular flexibility index (Phi) is 5.94. The fourth-order valence-corrected chi connectivity index (χ4v) is 3.54. The van der Waals surface area contributed by atoms with Crippen LogP contribution in [0.1, 0.15) is 27.3 Å². The molecule has 0 atom stereocenters. The van der Waals surface area contributed by atoms with Gasteiger partial charge < -0.3 is 20.6 Å². The van der Waals surface area contributed by atoms with E-state index in [-0.39, 0.29) is 12.3 Å². The monoisotopic (exact) mass is 425 g/mol. The number of nitrogen functional groups attached to an aromatic ring is 1. The first-order valence-corrected chi connectivity index (χ1v) is 9.99. The van der Waals surface area contributed by atoms with E-state index in [2.05, 4.69) is 4.98 Å². The minimum atomic E-state index is -0.624. The van der Waals surface area contributed by atoms with Crippen LogP contribution in [0.25, 0.3) is 11.0 Å². The highest BCUT2D eigenvalue weighted by Gasteiger charge is 2.15. The van der Waals surface area contributed by atoms with Crippen LogP contribution in [0.2, 0.25) is 0 Å². The number of pyridine rings is 1. The minimum absolute atomic E-state index is 0.0545. The summed E-state index contributed by atoms with van der Waals surface area (Å²) >= 11 is 0. The fraction of sp³-hybridized carbons (Fsp3) is 0.125. The molecule has 2 aromatic heterocycles. The topological polar surface area (TPSA) is 121 Å². The van der Waals surface area contributed by atoms with Crippen molar-refractivity contribution in [2.75, 3.05) is 5.73 Å². The summed E-state index contributed by atoms with van der Waals surface area (Å²) in [7, 11) is 6.08. The number of hydrogen-bond acceptors (Lipinski definition) is 6. The SMILES string of the molecule is [B]c1ccccc1CCc1c(N)c(OCc2cccc(C(N)=O)n2)cc2oc(=O)ccc12. The Morgan fingerprint density at radius 1 is 1.06 bits per heavy atom. The van der Waals surface area contributed by atoms with Crippen molar-refractivity contribution >= 4 is 35.9 Å². The lowest BCUT2D eigenvalue weighted by atomic mass is 9.87. The number of fused-ring (bicyclic) bond motifs is 1. The maximum Gasteiger partial charge on any atom is 0.336 e. The zero-order chi connectivity index (χ0) is 22.7. The normalized spacial score (nSPS) is 10.9. The number of primary amides is 1. The lowest BCUT2D eigenvalue weighted by Crippen LogP contribution is -2.14. The molecular weight excluding hydrogens is 405 g/mol. The Morgan fingerprint density at radius 3 is 2.66 bits per heavy atom. The number of hydrogen-bond donors (Lipinski definition) is 2. The summed E-state index contributed by atoms with van der Waals surface area (Å²) < 4.78 is 11.3. The summed E-state index contributed by atoms with van der Waals surface area (Å²) in [5, 5.41) is 0.734. The number of amides is 1. The second-order valence-corrected chi connectivity index (χ2v) is 7.30. The number of anilines is 1. The molecule has 0 fully saturated rings. The molecule has 2 radical (unpaired) electrons. The zero-order valence-electron chi connectivity index (χ0n) is 17.2. The summed E-state index contributed by atoms with van der Waals surface area (Å²) in [6, 6.07) is 17.2. The first kappa shape index (κ1) is 21.2. The van der Waals surface area contributed by atoms with Crippen LogP contribution < -0.4 is 27.3 Å². The second kappa shape index (κ2) is 8.97. The number of aromatic nitrogens is 1. The molecule has 0 aliphatic carbocycles. The molecule has 0 bridgehead atoms. The van der Waals surface area contributed by atoms with E-state index in [1.807, 2.05) is 24.3 Å². The Labute approximate surface area is 185 Å². The molecule has 8 heteroatoms. The van der Waals surface area contributed by atoms with Crippen molar-refractivity contribution in [3.05, 3.63) is 93.6 Å². The molecule has 4 rings (SSSR count). The molecule has 2 heterocycles. The molecule has 4 N–H and O–H groups in total. The number of carbonyl (C=O) groups is 1. The lowest BCUT2D eigenvalue weighted by molar-refractivity contribution is 0.0995. The van der Waals surface area contributed by atoms with E-state index in [9.17, 15) is 9.59 Å². The highest BCUT2D eigenvalue weighted by molar-refractivity contribution is 6.33. The third-order valence-corrected chi connectivity index (χ3v) is 5.17. The van der Waals surface area contributed by atoms with Gasteiger partial charge >= 0.3 is 5.63 Å². The van der Waals surface area contributed by atoms with Crippen molar-refractivity contribution in [3.63, 3.8) is 0 Å². The van der Waals surface area contributed by atoms with Crippen molar-refractivity contribution in [2.45, 2.75) is 19.4 Å². The van der Waals surface area contributed by atoms with Crippen LogP contribution in [0.15, 0.2) is 69.9 Å². The van der Waals surface area contributed by atoms with Gasteiger partial charge in [0.1, 0.15) is 31.5 Å². The van der Waals surface area contributed by atoms with Gasteiger partial charge in [-0.3, -0.25) is 4.79 Å². The van der Waals surface area contributed by atoms with E-state index in [0.717, 1.165) is 16.5 Å². The van der Waals surface area contributed by atoms with Gasteiger partial charge in [-0.1, -0.05) is 41.4 Å². The van der Waals surface area contributed by atoms with E-state index in [1.54, 1.807) is 24.3 Å². The summed E-state index contributed by atoms with van der Waals surface area (Å²) in [6.45, 7) is 0.0545. The van der Waals surface area contributed by atoms with Gasteiger partial charge in [0.15, 0.2) is 0 Å². The highest BCUT2D eigenvalue weighted by atomic mass is 16.5. The molecule has 0 spiro atoms. The van der Waals surface area contributed by atoms with Crippen LogP contribution >= 0.6 is 0 Å². The van der Waals surface area contributed by atoms with Crippen LogP contribution in [0.5, 0.6) is 5.75 Å². The van der Waals surface area contributed by atoms with Gasteiger partial charge in [-0.05, 0) is 36.6 Å². The van der Waals surface area contributed by atoms with Crippen LogP contribution in [0, 0.1) is 0 Å². The Bertz CT molecular complexity index is 1370. The van der Waals surface area contributed by atoms with Gasteiger partial charge in [-0.15, -0.1) is 0 Å². The molecule has 7 nitrogen and oxygen atoms in total. The predicted molar refractivity (Wildman–Crippen MR) is 123 cm³/mol. The second-order valence-electron chi connectivity index (χ2n) is 7.30. The molecule has 0 aliphatic rings. The molecule has 0 aliphatic heterocycles. The maximum absolute atomic E-state index is 11.8. The summed E-state index contributed by atoms with van der Waals surface area (Å²) in [5.41, 5.74) is 15.2. The van der Waals surface area contributed by atoms with E-state index in [0.29, 0.717) is 41.0 Å². The molecular formula is C24H20BN3O4. The van der Waals surface area contributed by atoms with Gasteiger partial charge in [0, 0.05) is 17.5 Å². The van der Waals surface area contributed by atoms with Gasteiger partial charge in [0.05, 0.1) is 11.4 Å². The van der Waals surface area contributed by atoms with Gasteiger partial charge in [-0.2, -0.15) is 0 Å². The van der Waals surface area contributed by atoms with Crippen LogP contribution in [-0.4, -0.2) is 18.7 Å². The van der Waals surface area contributed by atoms with Gasteiger partial charge in [-0.25, -0.2) is 9.78 Å². The smallest absolute Gasteiger partial charge is 0.336 e. The molecule has 0 unspecified atom stereocenters. The van der Waals surface area contributed by atoms with Crippen molar-refractivity contribution in [1.29, 1.82) is 0 Å². The van der Waals surface area contributed by atoms with E-state index >= 15 is 0 Å². The molecule has 32 heavy (non-hydrogen) atoms. The molecule has 2 aromatic carbocycles. The molecule has 0 saturated heterocycles. The minimum Gasteiger partial charge on any atom is -0.485 e. The van der Waals surface area contributed by atoms with Crippen molar-refractivity contribution < 1.29 is 13.9 Å². The third-order valence-electron chi connectivity index (χ3n) is 5.17. The van der Waals surface area contributed by atoms with Crippen molar-refractivity contribution in [3.8, 4) is 5.75 Å². The lowest BCUT2D eigenvalue weighted by Gasteiger charge is -2.15. The average molecular weight is 425 g/mol. The Hall–Kier alpha value is -4.07. The average Bonchev–Trinajstić information content (AvgIpc) is 2.78. The van der Waals surface area contributed by atoms with Crippen LogP contribution in [0.3, 0.4) is 0 Å². The largest absolute Gasteiger partial charge is 0.485 e. The summed E-state index contributed by atoms with van der Waals surface area (Å²) in [5.74, 6) is -0.268. The van der Waals surface area contributed by atoms with Gasteiger partial charge in [0.25, 0.3) is 5.91 Å². The fourth-order valence-electron chi connectivity index (χ4n) is 3.54. The number of carbonyl (C=O) groups excluding carboxylic acids is 1. The molecule has 1 amide bonds. The number of rotatable bonds is 7. The highest BCUT2D eigenvalue weighted by Crippen LogP contribution is 2.34. The first-order valence-electron chi connectivity index (χ1n) is 9.99. The third kappa shape index (κ3) is 4.49. The number of nitrogens with two attached hydrogens (primary N) is 2. The number of nitrogens with zero attached hydrogens (tertiary/aromatic N) is 1. The van der Waals surface area contributed by atoms with Crippen LogP contribution in [0.4, 0.5) is 5.69 Å². The quantitative estimate of drug-likeness (QED) is 0.266. The van der Waals surface area contributed by atoms with Crippen molar-refractivity contribution in [1.82, 2.24) is 4.98 Å². The number of aryl methyl sites for hydroxylation is 2. The Balaban J connectivity index is 1.67. The molecule has 158 valence electrons. The summed E-state index contributed by atoms with van der Waals surface area (Å²) in [6.07, 6.45) is 1.22. The molecule has 0 saturated carbocycles. The van der Waals surface area contributed by atoms with E-state index in [1.165, 1.54) is 12.1 Å². The summed E-state index contributed by atoms with van der Waals surface area (Å²) in [4.78, 5) is 27.3. The first-order chi connectivity index (χ1) is 15.4. The number of benzene rings is 2. The maximum atomic E-state index is 11.8. The predicted octanol–water partition coefficient (Wildman–Crippen LogP) is 2.03. The number of ether oxygens (including phenoxy) is 1. The van der Waals surface area contributed by atoms with Gasteiger partial charge in [0.2, 0.25) is 0 Å². The van der Waals surface area contributed by atoms with Crippen LogP contribution in [-0.2, 0) is 19.4 Å². The van der Waals surface area contributed by atoms with Crippen molar-refractivity contribution in [2.24, 2.45) is 5.73 Å². The Morgan fingerprint density at radius 2 is 1.88 bits per heavy atom. The molecule has 4 aromatic rings.